The highest BCUT2D eigenvalue weighted by Crippen LogP contribution is 2.43. The van der Waals surface area contributed by atoms with Crippen molar-refractivity contribution in [2.24, 2.45) is 11.7 Å². The predicted molar refractivity (Wildman–Crippen MR) is 65.6 cm³/mol. The van der Waals surface area contributed by atoms with Crippen LogP contribution in [0.15, 0.2) is 12.5 Å². The van der Waals surface area contributed by atoms with Crippen molar-refractivity contribution >= 4 is 0 Å². The van der Waals surface area contributed by atoms with Crippen molar-refractivity contribution in [3.63, 3.8) is 0 Å². The van der Waals surface area contributed by atoms with Gasteiger partial charge in [-0.1, -0.05) is 6.92 Å². The van der Waals surface area contributed by atoms with Gasteiger partial charge in [-0.3, -0.25) is 0 Å². The van der Waals surface area contributed by atoms with Crippen LogP contribution in [0.25, 0.3) is 0 Å². The maximum absolute atomic E-state index is 6.14. The van der Waals surface area contributed by atoms with Gasteiger partial charge in [-0.15, -0.1) is 0 Å². The third-order valence-electron chi connectivity index (χ3n) is 4.06. The largest absolute Gasteiger partial charge is 0.376 e. The second-order valence-electron chi connectivity index (χ2n) is 5.27. The predicted octanol–water partition coefficient (Wildman–Crippen LogP) is 2.03. The molecule has 1 aromatic rings. The Hall–Kier alpha value is -0.870. The van der Waals surface area contributed by atoms with Crippen molar-refractivity contribution in [2.45, 2.75) is 50.8 Å². The molecule has 0 amide bonds. The Morgan fingerprint density at radius 1 is 1.53 bits per heavy atom. The van der Waals surface area contributed by atoms with E-state index in [1.807, 2.05) is 12.5 Å². The molecule has 17 heavy (non-hydrogen) atoms. The highest BCUT2D eigenvalue weighted by Gasteiger charge is 2.42. The highest BCUT2D eigenvalue weighted by molar-refractivity contribution is 5.08. The van der Waals surface area contributed by atoms with E-state index in [1.165, 1.54) is 12.8 Å². The van der Waals surface area contributed by atoms with Crippen LogP contribution < -0.4 is 5.73 Å². The molecule has 1 saturated heterocycles. The maximum Gasteiger partial charge on any atom is 0.0952 e. The zero-order valence-electron chi connectivity index (χ0n) is 10.4. The van der Waals surface area contributed by atoms with Gasteiger partial charge >= 0.3 is 0 Å². The van der Waals surface area contributed by atoms with Crippen LogP contribution in [-0.4, -0.2) is 22.3 Å². The van der Waals surface area contributed by atoms with Gasteiger partial charge in [0, 0.05) is 18.8 Å². The van der Waals surface area contributed by atoms with E-state index in [0.29, 0.717) is 12.1 Å². The van der Waals surface area contributed by atoms with Crippen molar-refractivity contribution in [1.29, 1.82) is 0 Å². The first-order chi connectivity index (χ1) is 8.31. The van der Waals surface area contributed by atoms with Crippen LogP contribution in [0.3, 0.4) is 0 Å². The monoisotopic (exact) mass is 235 g/mol. The molecule has 2 fully saturated rings. The summed E-state index contributed by atoms with van der Waals surface area (Å²) < 4.78 is 8.16. The standard InChI is InChI=1S/C13H21N3O/c1-2-10(14)12-7-15-8-16(12)11-5-6-17-13(11)9-3-4-9/h7-11,13H,2-6,14H2,1H3/t10-,11?,13?/m1/s1. The summed E-state index contributed by atoms with van der Waals surface area (Å²) in [6, 6.07) is 0.551. The number of aromatic nitrogens is 2. The van der Waals surface area contributed by atoms with Crippen molar-refractivity contribution in [1.82, 2.24) is 9.55 Å². The van der Waals surface area contributed by atoms with Gasteiger partial charge in [0.2, 0.25) is 0 Å². The molecule has 2 aliphatic rings. The fourth-order valence-electron chi connectivity index (χ4n) is 2.86. The topological polar surface area (TPSA) is 53.1 Å². The maximum atomic E-state index is 6.14. The minimum atomic E-state index is 0.0953. The molecule has 1 aromatic heterocycles. The smallest absolute Gasteiger partial charge is 0.0952 e. The molecule has 1 aliphatic carbocycles. The summed E-state index contributed by atoms with van der Waals surface area (Å²) >= 11 is 0. The van der Waals surface area contributed by atoms with E-state index in [9.17, 15) is 0 Å². The van der Waals surface area contributed by atoms with Crippen LogP contribution >= 0.6 is 0 Å². The minimum absolute atomic E-state index is 0.0953. The molecule has 3 atom stereocenters. The SMILES string of the molecule is CC[C@@H](N)c1cncn1C1CCOC1C1CC1. The van der Waals surface area contributed by atoms with Gasteiger partial charge in [0.1, 0.15) is 0 Å². The highest BCUT2D eigenvalue weighted by atomic mass is 16.5. The second-order valence-corrected chi connectivity index (χ2v) is 5.27. The van der Waals surface area contributed by atoms with Gasteiger partial charge in [0.05, 0.1) is 24.2 Å². The lowest BCUT2D eigenvalue weighted by molar-refractivity contribution is 0.0743. The lowest BCUT2D eigenvalue weighted by Crippen LogP contribution is -2.25. The Morgan fingerprint density at radius 2 is 2.35 bits per heavy atom. The van der Waals surface area contributed by atoms with E-state index >= 15 is 0 Å². The Bertz CT molecular complexity index is 386. The van der Waals surface area contributed by atoms with Gasteiger partial charge in [-0.05, 0) is 31.6 Å². The summed E-state index contributed by atoms with van der Waals surface area (Å²) in [5.74, 6) is 0.774. The molecule has 0 radical (unpaired) electrons. The molecule has 1 aliphatic heterocycles. The fourth-order valence-corrected chi connectivity index (χ4v) is 2.86. The number of ether oxygens (including phenoxy) is 1. The van der Waals surface area contributed by atoms with E-state index < -0.39 is 0 Å². The first-order valence-corrected chi connectivity index (χ1v) is 6.70. The minimum Gasteiger partial charge on any atom is -0.376 e. The van der Waals surface area contributed by atoms with Crippen LogP contribution in [0, 0.1) is 5.92 Å². The third-order valence-corrected chi connectivity index (χ3v) is 4.06. The summed E-state index contributed by atoms with van der Waals surface area (Å²) in [6.45, 7) is 3.00. The summed E-state index contributed by atoms with van der Waals surface area (Å²) in [4.78, 5) is 4.28. The van der Waals surface area contributed by atoms with Crippen molar-refractivity contribution in [3.8, 4) is 0 Å². The number of rotatable bonds is 4. The van der Waals surface area contributed by atoms with Gasteiger partial charge in [0.15, 0.2) is 0 Å². The molecule has 0 aromatic carbocycles. The van der Waals surface area contributed by atoms with E-state index in [2.05, 4.69) is 16.5 Å². The molecule has 4 heteroatoms. The lowest BCUT2D eigenvalue weighted by atomic mass is 10.0. The molecule has 2 unspecified atom stereocenters. The Balaban J connectivity index is 1.85. The van der Waals surface area contributed by atoms with Crippen molar-refractivity contribution < 1.29 is 4.74 Å². The number of nitrogens with zero attached hydrogens (tertiary/aromatic N) is 2. The normalized spacial score (nSPS) is 30.7. The molecule has 2 heterocycles. The summed E-state index contributed by atoms with van der Waals surface area (Å²) in [5, 5.41) is 0. The Labute approximate surface area is 102 Å². The van der Waals surface area contributed by atoms with Crippen LogP contribution in [0.1, 0.15) is 50.4 Å². The summed E-state index contributed by atoms with van der Waals surface area (Å²) in [7, 11) is 0. The third kappa shape index (κ3) is 2.00. The van der Waals surface area contributed by atoms with Gasteiger partial charge in [-0.25, -0.2) is 4.98 Å². The van der Waals surface area contributed by atoms with Crippen molar-refractivity contribution in [3.05, 3.63) is 18.2 Å². The molecular formula is C13H21N3O. The number of nitrogens with two attached hydrogens (primary N) is 1. The van der Waals surface area contributed by atoms with Crippen LogP contribution in [0.5, 0.6) is 0 Å². The molecule has 2 N–H and O–H groups in total. The van der Waals surface area contributed by atoms with Gasteiger partial charge in [0.25, 0.3) is 0 Å². The first-order valence-electron chi connectivity index (χ1n) is 6.70. The second kappa shape index (κ2) is 4.42. The number of hydrogen-bond acceptors (Lipinski definition) is 3. The van der Waals surface area contributed by atoms with Crippen LogP contribution in [0.4, 0.5) is 0 Å². The van der Waals surface area contributed by atoms with Crippen LogP contribution in [0.2, 0.25) is 0 Å². The average Bonchev–Trinajstić information content (AvgIpc) is 2.91. The number of imidazole rings is 1. The zero-order valence-corrected chi connectivity index (χ0v) is 10.4. The fraction of sp³-hybridized carbons (Fsp3) is 0.769. The van der Waals surface area contributed by atoms with Crippen molar-refractivity contribution in [2.75, 3.05) is 6.61 Å². The van der Waals surface area contributed by atoms with E-state index in [-0.39, 0.29) is 6.04 Å². The molecule has 3 rings (SSSR count). The number of hydrogen-bond donors (Lipinski definition) is 1. The summed E-state index contributed by atoms with van der Waals surface area (Å²) in [5.41, 5.74) is 7.30. The van der Waals surface area contributed by atoms with Gasteiger partial charge < -0.3 is 15.0 Å². The van der Waals surface area contributed by atoms with Gasteiger partial charge in [-0.2, -0.15) is 0 Å². The Morgan fingerprint density at radius 3 is 3.06 bits per heavy atom. The molecule has 0 spiro atoms. The molecule has 4 nitrogen and oxygen atoms in total. The molecule has 0 bridgehead atoms. The van der Waals surface area contributed by atoms with E-state index in [1.54, 1.807) is 0 Å². The van der Waals surface area contributed by atoms with Crippen LogP contribution in [-0.2, 0) is 4.74 Å². The molecule has 94 valence electrons. The average molecular weight is 235 g/mol. The van der Waals surface area contributed by atoms with E-state index in [0.717, 1.165) is 31.1 Å². The van der Waals surface area contributed by atoms with E-state index in [4.69, 9.17) is 10.5 Å². The molecule has 1 saturated carbocycles. The quantitative estimate of drug-likeness (QED) is 0.868. The zero-order chi connectivity index (χ0) is 11.8. The summed E-state index contributed by atoms with van der Waals surface area (Å²) in [6.07, 6.45) is 8.94. The lowest BCUT2D eigenvalue weighted by Gasteiger charge is -2.23. The molecular weight excluding hydrogens is 214 g/mol. The first kappa shape index (κ1) is 11.2. The Kier molecular flexibility index (Phi) is 2.92.